The van der Waals surface area contributed by atoms with Crippen LogP contribution in [-0.2, 0) is 4.74 Å². The van der Waals surface area contributed by atoms with Crippen LogP contribution in [0.3, 0.4) is 0 Å². The van der Waals surface area contributed by atoms with Gasteiger partial charge in [0.05, 0.1) is 17.8 Å². The minimum absolute atomic E-state index is 0.0409. The number of para-hydroxylation sites is 1. The highest BCUT2D eigenvalue weighted by atomic mass is 35.5. The van der Waals surface area contributed by atoms with Gasteiger partial charge >= 0.3 is 5.97 Å². The van der Waals surface area contributed by atoms with E-state index in [1.54, 1.807) is 10.7 Å². The number of nitrogens with zero attached hydrogens (tertiary/aromatic N) is 3. The Morgan fingerprint density at radius 3 is 2.86 bits per heavy atom. The maximum atomic E-state index is 12.4. The molecular weight excluding hydrogens is 396 g/mol. The minimum Gasteiger partial charge on any atom is -0.458 e. The Kier molecular flexibility index (Phi) is 5.27. The van der Waals surface area contributed by atoms with Crippen molar-refractivity contribution in [1.82, 2.24) is 14.6 Å². The highest BCUT2D eigenvalue weighted by Crippen LogP contribution is 2.35. The molecule has 1 N–H and O–H groups in total. The first-order valence-electron chi connectivity index (χ1n) is 8.69. The van der Waals surface area contributed by atoms with E-state index in [1.165, 1.54) is 0 Å². The molecule has 0 bridgehead atoms. The second kappa shape index (κ2) is 8.00. The predicted octanol–water partition coefficient (Wildman–Crippen LogP) is 4.77. The molecule has 0 amide bonds. The van der Waals surface area contributed by atoms with Gasteiger partial charge in [-0.1, -0.05) is 47.2 Å². The molecular formula is C20H17ClN4O2S. The fourth-order valence-corrected chi connectivity index (χ4v) is 3.86. The summed E-state index contributed by atoms with van der Waals surface area (Å²) in [6, 6.07) is 15.4. The van der Waals surface area contributed by atoms with E-state index in [4.69, 9.17) is 16.3 Å². The number of halogens is 1. The molecule has 0 spiro atoms. The lowest BCUT2D eigenvalue weighted by molar-refractivity contribution is 0.0494. The van der Waals surface area contributed by atoms with Crippen molar-refractivity contribution in [3.8, 4) is 11.3 Å². The summed E-state index contributed by atoms with van der Waals surface area (Å²) in [5, 5.41) is 7.79. The van der Waals surface area contributed by atoms with Gasteiger partial charge in [0.1, 0.15) is 16.6 Å². The van der Waals surface area contributed by atoms with E-state index in [9.17, 15) is 4.79 Å². The number of hydrogen-bond acceptors (Lipinski definition) is 6. The summed E-state index contributed by atoms with van der Waals surface area (Å²) >= 11 is 7.46. The number of carbonyl (C=O) groups excluding carboxylic acids is 1. The van der Waals surface area contributed by atoms with Gasteiger partial charge in [0.25, 0.3) is 0 Å². The monoisotopic (exact) mass is 412 g/mol. The lowest BCUT2D eigenvalue weighted by Gasteiger charge is -2.14. The first-order chi connectivity index (χ1) is 13.6. The summed E-state index contributed by atoms with van der Waals surface area (Å²) in [5.41, 5.74) is 3.16. The Bertz CT molecular complexity index is 1110. The van der Waals surface area contributed by atoms with Gasteiger partial charge in [0, 0.05) is 17.4 Å². The molecule has 8 heteroatoms. The first-order valence-corrected chi connectivity index (χ1v) is 9.89. The molecule has 6 nitrogen and oxygen atoms in total. The zero-order chi connectivity index (χ0) is 19.5. The number of anilines is 1. The molecule has 4 rings (SSSR count). The molecule has 1 aromatic carbocycles. The van der Waals surface area contributed by atoms with E-state index in [2.05, 4.69) is 15.4 Å². The first kappa shape index (κ1) is 18.5. The molecule has 0 radical (unpaired) electrons. The van der Waals surface area contributed by atoms with Crippen LogP contribution in [-0.4, -0.2) is 33.2 Å². The Morgan fingerprint density at radius 2 is 2.04 bits per heavy atom. The molecule has 3 aromatic heterocycles. The van der Waals surface area contributed by atoms with Crippen molar-refractivity contribution < 1.29 is 9.53 Å². The molecule has 142 valence electrons. The van der Waals surface area contributed by atoms with Crippen LogP contribution in [0.25, 0.3) is 16.8 Å². The van der Waals surface area contributed by atoms with Crippen molar-refractivity contribution in [3.63, 3.8) is 0 Å². The topological polar surface area (TPSA) is 68.5 Å². The quantitative estimate of drug-likeness (QED) is 0.462. The second-order valence-electron chi connectivity index (χ2n) is 6.24. The Hall–Kier alpha value is -2.90. The van der Waals surface area contributed by atoms with Crippen molar-refractivity contribution >= 4 is 40.1 Å². The molecule has 28 heavy (non-hydrogen) atoms. The summed E-state index contributed by atoms with van der Waals surface area (Å²) in [4.78, 5) is 16.8. The van der Waals surface area contributed by atoms with Crippen molar-refractivity contribution in [2.24, 2.45) is 0 Å². The maximum absolute atomic E-state index is 12.4. The molecule has 0 fully saturated rings. The fourth-order valence-electron chi connectivity index (χ4n) is 2.79. The van der Waals surface area contributed by atoms with Crippen molar-refractivity contribution in [1.29, 1.82) is 0 Å². The summed E-state index contributed by atoms with van der Waals surface area (Å²) in [5.74, 6) is -0.490. The van der Waals surface area contributed by atoms with Gasteiger partial charge in [-0.25, -0.2) is 14.3 Å². The molecule has 0 aliphatic carbocycles. The van der Waals surface area contributed by atoms with E-state index in [1.807, 2.05) is 61.7 Å². The number of esters is 1. The third-order valence-corrected chi connectivity index (χ3v) is 5.33. The normalized spacial score (nSPS) is 12.1. The van der Waals surface area contributed by atoms with Gasteiger partial charge in [-0.2, -0.15) is 5.10 Å². The third-order valence-electron chi connectivity index (χ3n) is 4.09. The summed E-state index contributed by atoms with van der Waals surface area (Å²) < 4.78 is 7.57. The highest BCUT2D eigenvalue weighted by molar-refractivity contribution is 7.18. The average Bonchev–Trinajstić information content (AvgIpc) is 3.30. The molecule has 1 unspecified atom stereocenters. The largest absolute Gasteiger partial charge is 0.458 e. The van der Waals surface area contributed by atoms with Crippen molar-refractivity contribution in [2.75, 3.05) is 11.9 Å². The lowest BCUT2D eigenvalue weighted by atomic mass is 10.2. The number of fused-ring (bicyclic) bond motifs is 1. The number of carbonyl (C=O) groups is 1. The molecule has 4 aromatic rings. The van der Waals surface area contributed by atoms with E-state index in [0.29, 0.717) is 10.0 Å². The van der Waals surface area contributed by atoms with Crippen LogP contribution in [0.4, 0.5) is 5.69 Å². The number of aromatic nitrogens is 3. The highest BCUT2D eigenvalue weighted by Gasteiger charge is 2.21. The van der Waals surface area contributed by atoms with Gasteiger partial charge < -0.3 is 10.1 Å². The van der Waals surface area contributed by atoms with Crippen molar-refractivity contribution in [2.45, 2.75) is 13.0 Å². The van der Waals surface area contributed by atoms with Gasteiger partial charge in [-0.3, -0.25) is 0 Å². The number of nitrogens with one attached hydrogen (secondary N) is 1. The van der Waals surface area contributed by atoms with Crippen molar-refractivity contribution in [3.05, 3.63) is 70.3 Å². The molecule has 0 saturated carbocycles. The van der Waals surface area contributed by atoms with Gasteiger partial charge in [0.15, 0.2) is 0 Å². The molecule has 0 saturated heterocycles. The standard InChI is InChI=1S/C20H17ClN4O2S/c1-13(23-14-7-3-2-4-8-14)12-27-20(26)19-24-17(18(21)28-19)15-11-22-25-10-6-5-9-16(15)25/h2-11,13,23H,12H2,1H3. The summed E-state index contributed by atoms with van der Waals surface area (Å²) in [6.45, 7) is 2.16. The van der Waals surface area contributed by atoms with Crippen LogP contribution < -0.4 is 5.32 Å². The minimum atomic E-state index is -0.490. The number of rotatable bonds is 6. The zero-order valence-corrected chi connectivity index (χ0v) is 16.6. The van der Waals surface area contributed by atoms with Gasteiger partial charge in [0.2, 0.25) is 5.01 Å². The van der Waals surface area contributed by atoms with E-state index in [0.717, 1.165) is 28.1 Å². The van der Waals surface area contributed by atoms with Crippen LogP contribution in [0.1, 0.15) is 16.7 Å². The SMILES string of the molecule is CC(COC(=O)c1nc(-c2cnn3ccccc23)c(Cl)s1)Nc1ccccc1. The van der Waals surface area contributed by atoms with Gasteiger partial charge in [-0.15, -0.1) is 0 Å². The molecule has 0 aliphatic heterocycles. The van der Waals surface area contributed by atoms with E-state index in [-0.39, 0.29) is 17.7 Å². The third kappa shape index (κ3) is 3.85. The fraction of sp³-hybridized carbons (Fsp3) is 0.150. The van der Waals surface area contributed by atoms with Crippen LogP contribution in [0, 0.1) is 0 Å². The number of thiazole rings is 1. The van der Waals surface area contributed by atoms with Gasteiger partial charge in [-0.05, 0) is 31.2 Å². The number of hydrogen-bond donors (Lipinski definition) is 1. The number of benzene rings is 1. The Morgan fingerprint density at radius 1 is 1.25 bits per heavy atom. The van der Waals surface area contributed by atoms with Crippen LogP contribution in [0.2, 0.25) is 4.34 Å². The Balaban J connectivity index is 1.45. The molecule has 0 aliphatic rings. The molecule has 1 atom stereocenters. The van der Waals surface area contributed by atoms with Crippen LogP contribution in [0.5, 0.6) is 0 Å². The second-order valence-corrected chi connectivity index (χ2v) is 7.84. The maximum Gasteiger partial charge on any atom is 0.367 e. The average molecular weight is 413 g/mol. The lowest BCUT2D eigenvalue weighted by Crippen LogP contribution is -2.23. The smallest absolute Gasteiger partial charge is 0.367 e. The van der Waals surface area contributed by atoms with Crippen LogP contribution >= 0.6 is 22.9 Å². The number of pyridine rings is 1. The predicted molar refractivity (Wildman–Crippen MR) is 111 cm³/mol. The number of ether oxygens (including phenoxy) is 1. The van der Waals surface area contributed by atoms with E-state index >= 15 is 0 Å². The molecule has 3 heterocycles. The van der Waals surface area contributed by atoms with E-state index < -0.39 is 5.97 Å². The Labute approximate surface area is 170 Å². The summed E-state index contributed by atoms with van der Waals surface area (Å²) in [7, 11) is 0. The zero-order valence-electron chi connectivity index (χ0n) is 15.0. The summed E-state index contributed by atoms with van der Waals surface area (Å²) in [6.07, 6.45) is 3.53. The van der Waals surface area contributed by atoms with Crippen LogP contribution in [0.15, 0.2) is 60.9 Å².